The van der Waals surface area contributed by atoms with Crippen LogP contribution in [0.15, 0.2) is 72.8 Å². The summed E-state index contributed by atoms with van der Waals surface area (Å²) >= 11 is 0. The summed E-state index contributed by atoms with van der Waals surface area (Å²) in [5, 5.41) is 12.6. The van der Waals surface area contributed by atoms with Crippen LogP contribution in [-0.4, -0.2) is 14.6 Å². The molecule has 3 nitrogen and oxygen atoms in total. The number of nitrogens with zero attached hydrogens (tertiary/aromatic N) is 3. The lowest BCUT2D eigenvalue weighted by Crippen LogP contribution is -1.94. The van der Waals surface area contributed by atoms with Crippen molar-refractivity contribution in [3.8, 4) is 11.4 Å². The van der Waals surface area contributed by atoms with Crippen molar-refractivity contribution in [3.05, 3.63) is 78.4 Å². The van der Waals surface area contributed by atoms with E-state index in [4.69, 9.17) is 0 Å². The molecule has 0 saturated carbocycles. The molecular weight excluding hydrogens is 318 g/mol. The molecule has 128 valence electrons. The number of benzene rings is 3. The van der Waals surface area contributed by atoms with E-state index in [0.29, 0.717) is 0 Å². The largest absolute Gasteiger partial charge is 0.274 e. The maximum absolute atomic E-state index is 4.51. The molecule has 0 N–H and O–H groups in total. The van der Waals surface area contributed by atoms with Crippen LogP contribution in [0.25, 0.3) is 38.7 Å². The minimum absolute atomic E-state index is 0.880. The van der Waals surface area contributed by atoms with Crippen LogP contribution in [0.2, 0.25) is 0 Å². The monoisotopic (exact) mass is 339 g/mol. The van der Waals surface area contributed by atoms with Gasteiger partial charge in [0.15, 0.2) is 11.5 Å². The molecule has 5 aromatic rings. The fourth-order valence-corrected chi connectivity index (χ4v) is 3.43. The van der Waals surface area contributed by atoms with Crippen molar-refractivity contribution in [3.63, 3.8) is 0 Å². The molecule has 0 atom stereocenters. The quantitative estimate of drug-likeness (QED) is 0.349. The second kappa shape index (κ2) is 6.60. The molecule has 0 fully saturated rings. The van der Waals surface area contributed by atoms with Gasteiger partial charge in [-0.25, -0.2) is 0 Å². The van der Waals surface area contributed by atoms with Crippen molar-refractivity contribution in [2.45, 2.75) is 20.8 Å². The maximum Gasteiger partial charge on any atom is 0.169 e. The lowest BCUT2D eigenvalue weighted by molar-refractivity contribution is 1.12. The molecule has 0 spiro atoms. The van der Waals surface area contributed by atoms with Crippen LogP contribution >= 0.6 is 0 Å². The number of aryl methyl sites for hydroxylation is 1. The average Bonchev–Trinajstić information content (AvgIpc) is 3.16. The SMILES string of the molecule is CC.Cc1ccc2c(c1)c1ccccc1c1nnc(-c3ccccc3)n21. The molecule has 26 heavy (non-hydrogen) atoms. The maximum atomic E-state index is 4.51. The predicted molar refractivity (Wildman–Crippen MR) is 110 cm³/mol. The van der Waals surface area contributed by atoms with Crippen LogP contribution < -0.4 is 0 Å². The molecule has 0 aliphatic heterocycles. The van der Waals surface area contributed by atoms with Gasteiger partial charge in [0, 0.05) is 16.3 Å². The van der Waals surface area contributed by atoms with E-state index in [1.165, 1.54) is 16.3 Å². The van der Waals surface area contributed by atoms with Crippen molar-refractivity contribution in [2.75, 3.05) is 0 Å². The lowest BCUT2D eigenvalue weighted by atomic mass is 10.0. The van der Waals surface area contributed by atoms with E-state index in [1.54, 1.807) is 0 Å². The molecule has 0 radical (unpaired) electrons. The first-order valence-electron chi connectivity index (χ1n) is 9.04. The summed E-state index contributed by atoms with van der Waals surface area (Å²) in [6.45, 7) is 6.13. The number of aromatic nitrogens is 3. The van der Waals surface area contributed by atoms with Crippen molar-refractivity contribution < 1.29 is 0 Å². The molecule has 0 aliphatic rings. The summed E-state index contributed by atoms with van der Waals surface area (Å²) in [6, 6.07) is 25.2. The predicted octanol–water partition coefficient (Wildman–Crippen LogP) is 6.04. The van der Waals surface area contributed by atoms with E-state index in [-0.39, 0.29) is 0 Å². The first-order chi connectivity index (χ1) is 12.8. The molecule has 0 bridgehead atoms. The number of rotatable bonds is 1. The topological polar surface area (TPSA) is 30.2 Å². The van der Waals surface area contributed by atoms with Gasteiger partial charge in [-0.1, -0.05) is 80.1 Å². The molecule has 2 heterocycles. The van der Waals surface area contributed by atoms with Gasteiger partial charge >= 0.3 is 0 Å². The smallest absolute Gasteiger partial charge is 0.169 e. The summed E-state index contributed by atoms with van der Waals surface area (Å²) in [5.41, 5.74) is 4.36. The lowest BCUT2D eigenvalue weighted by Gasteiger charge is -2.10. The van der Waals surface area contributed by atoms with E-state index in [0.717, 1.165) is 27.9 Å². The van der Waals surface area contributed by atoms with Crippen molar-refractivity contribution in [1.82, 2.24) is 14.6 Å². The van der Waals surface area contributed by atoms with E-state index in [9.17, 15) is 0 Å². The van der Waals surface area contributed by atoms with Crippen molar-refractivity contribution in [2.24, 2.45) is 0 Å². The highest BCUT2D eigenvalue weighted by Crippen LogP contribution is 2.32. The molecule has 5 rings (SSSR count). The highest BCUT2D eigenvalue weighted by atomic mass is 15.2. The van der Waals surface area contributed by atoms with E-state index in [2.05, 4.69) is 76.1 Å². The van der Waals surface area contributed by atoms with E-state index >= 15 is 0 Å². The zero-order valence-electron chi connectivity index (χ0n) is 15.3. The summed E-state index contributed by atoms with van der Waals surface area (Å²) in [5.74, 6) is 0.880. The molecule has 3 aromatic carbocycles. The fraction of sp³-hybridized carbons (Fsp3) is 0.130. The Bertz CT molecular complexity index is 1200. The fourth-order valence-electron chi connectivity index (χ4n) is 3.43. The van der Waals surface area contributed by atoms with Crippen LogP contribution in [0.4, 0.5) is 0 Å². The summed E-state index contributed by atoms with van der Waals surface area (Å²) < 4.78 is 2.17. The third kappa shape index (κ3) is 2.44. The molecular formula is C23H21N3. The van der Waals surface area contributed by atoms with E-state index < -0.39 is 0 Å². The molecule has 0 amide bonds. The molecule has 0 aliphatic carbocycles. The van der Waals surface area contributed by atoms with Gasteiger partial charge in [-0.3, -0.25) is 4.40 Å². The van der Waals surface area contributed by atoms with Gasteiger partial charge in [-0.15, -0.1) is 10.2 Å². The number of hydrogen-bond acceptors (Lipinski definition) is 2. The standard InChI is InChI=1S/C21H15N3.C2H6/c1-14-11-12-19-18(13-14)16-9-5-6-10-17(16)21-23-22-20(24(19)21)15-7-3-2-4-8-15;1-2/h2-13H,1H3;1-2H3. The highest BCUT2D eigenvalue weighted by molar-refractivity contribution is 6.12. The molecule has 2 aromatic heterocycles. The van der Waals surface area contributed by atoms with Gasteiger partial charge in [0.1, 0.15) is 0 Å². The zero-order chi connectivity index (χ0) is 18.1. The summed E-state index contributed by atoms with van der Waals surface area (Å²) in [7, 11) is 0. The van der Waals surface area contributed by atoms with Gasteiger partial charge < -0.3 is 0 Å². The van der Waals surface area contributed by atoms with Gasteiger partial charge in [-0.05, 0) is 24.4 Å². The number of pyridine rings is 1. The van der Waals surface area contributed by atoms with E-state index in [1.807, 2.05) is 32.0 Å². The van der Waals surface area contributed by atoms with Crippen LogP contribution in [0.3, 0.4) is 0 Å². The van der Waals surface area contributed by atoms with Crippen LogP contribution in [0, 0.1) is 6.92 Å². The van der Waals surface area contributed by atoms with Gasteiger partial charge in [-0.2, -0.15) is 0 Å². The van der Waals surface area contributed by atoms with Gasteiger partial charge in [0.05, 0.1) is 5.52 Å². The normalized spacial score (nSPS) is 10.9. The Balaban J connectivity index is 0.000000814. The Morgan fingerprint density at radius 1 is 0.692 bits per heavy atom. The zero-order valence-corrected chi connectivity index (χ0v) is 15.3. The Morgan fingerprint density at radius 2 is 1.38 bits per heavy atom. The molecule has 0 saturated heterocycles. The average molecular weight is 339 g/mol. The first-order valence-corrected chi connectivity index (χ1v) is 9.04. The Kier molecular flexibility index (Phi) is 4.13. The minimum atomic E-state index is 0.880. The van der Waals surface area contributed by atoms with Crippen molar-refractivity contribution in [1.29, 1.82) is 0 Å². The third-order valence-corrected chi connectivity index (χ3v) is 4.55. The molecule has 0 unspecified atom stereocenters. The first kappa shape index (κ1) is 16.3. The highest BCUT2D eigenvalue weighted by Gasteiger charge is 2.15. The summed E-state index contributed by atoms with van der Waals surface area (Å²) in [4.78, 5) is 0. The van der Waals surface area contributed by atoms with Crippen LogP contribution in [0.5, 0.6) is 0 Å². The third-order valence-electron chi connectivity index (χ3n) is 4.55. The minimum Gasteiger partial charge on any atom is -0.274 e. The Labute approximate surface area is 152 Å². The second-order valence-corrected chi connectivity index (χ2v) is 6.11. The second-order valence-electron chi connectivity index (χ2n) is 6.11. The summed E-state index contributed by atoms with van der Waals surface area (Å²) in [6.07, 6.45) is 0. The van der Waals surface area contributed by atoms with Crippen LogP contribution in [-0.2, 0) is 0 Å². The molecule has 3 heteroatoms. The van der Waals surface area contributed by atoms with Gasteiger partial charge in [0.2, 0.25) is 0 Å². The van der Waals surface area contributed by atoms with Crippen LogP contribution in [0.1, 0.15) is 19.4 Å². The Hall–Kier alpha value is -3.20. The Morgan fingerprint density at radius 3 is 2.15 bits per heavy atom. The van der Waals surface area contributed by atoms with Gasteiger partial charge in [0.25, 0.3) is 0 Å². The van der Waals surface area contributed by atoms with Crippen molar-refractivity contribution >= 4 is 27.3 Å². The number of fused-ring (bicyclic) bond motifs is 6. The number of hydrogen-bond donors (Lipinski definition) is 0.